The molecule has 0 aromatic carbocycles. The number of carbonyl (C=O) groups excluding carboxylic acids is 1. The third-order valence-electron chi connectivity index (χ3n) is 2.93. The number of amides is 1. The molecule has 0 radical (unpaired) electrons. The number of nitrogens with zero attached hydrogens (tertiary/aromatic N) is 4. The zero-order chi connectivity index (χ0) is 14.4. The second-order valence-corrected chi connectivity index (χ2v) is 5.51. The zero-order valence-electron chi connectivity index (χ0n) is 11.3. The van der Waals surface area contributed by atoms with Crippen molar-refractivity contribution in [1.82, 2.24) is 25.3 Å². The summed E-state index contributed by atoms with van der Waals surface area (Å²) >= 11 is 1.78. The molecule has 0 fully saturated rings. The Morgan fingerprint density at radius 2 is 2.40 bits per heavy atom. The van der Waals surface area contributed by atoms with E-state index in [0.717, 1.165) is 19.5 Å². The number of carbonyl (C=O) groups is 1. The molecule has 0 aliphatic rings. The molecular weight excluding hydrogens is 276 g/mol. The quantitative estimate of drug-likeness (QED) is 0.430. The fourth-order valence-electron chi connectivity index (χ4n) is 1.73. The van der Waals surface area contributed by atoms with Gasteiger partial charge in [0.1, 0.15) is 0 Å². The summed E-state index contributed by atoms with van der Waals surface area (Å²) in [5.41, 5.74) is 2.26. The molecule has 0 atom stereocenters. The van der Waals surface area contributed by atoms with E-state index in [4.69, 9.17) is 5.84 Å². The molecule has 1 amide bonds. The Morgan fingerprint density at radius 1 is 1.55 bits per heavy atom. The first-order valence-corrected chi connectivity index (χ1v) is 7.19. The number of hydrazine groups is 1. The Balaban J connectivity index is 1.74. The summed E-state index contributed by atoms with van der Waals surface area (Å²) in [6.07, 6.45) is 2.64. The summed E-state index contributed by atoms with van der Waals surface area (Å²) in [6, 6.07) is 4.22. The Morgan fingerprint density at radius 3 is 3.10 bits per heavy atom. The second-order valence-electron chi connectivity index (χ2n) is 4.47. The molecule has 0 spiro atoms. The number of rotatable bonds is 7. The first-order valence-electron chi connectivity index (χ1n) is 6.31. The smallest absolute Gasteiger partial charge is 0.287 e. The van der Waals surface area contributed by atoms with Crippen LogP contribution in [0.25, 0.3) is 0 Å². The number of hydrogen-bond acceptors (Lipinski definition) is 6. The molecule has 20 heavy (non-hydrogen) atoms. The van der Waals surface area contributed by atoms with Gasteiger partial charge in [-0.3, -0.25) is 14.9 Å². The maximum atomic E-state index is 11.2. The predicted molar refractivity (Wildman–Crippen MR) is 77.2 cm³/mol. The van der Waals surface area contributed by atoms with Crippen LogP contribution in [0, 0.1) is 0 Å². The van der Waals surface area contributed by atoms with Gasteiger partial charge < -0.3 is 4.90 Å². The van der Waals surface area contributed by atoms with Crippen molar-refractivity contribution in [3.05, 3.63) is 34.3 Å². The molecule has 0 saturated carbocycles. The van der Waals surface area contributed by atoms with Crippen molar-refractivity contribution in [2.75, 3.05) is 20.1 Å². The van der Waals surface area contributed by atoms with Gasteiger partial charge in [0.15, 0.2) is 5.69 Å². The minimum Gasteiger partial charge on any atom is -0.304 e. The molecule has 3 N–H and O–H groups in total. The van der Waals surface area contributed by atoms with E-state index in [-0.39, 0.29) is 5.69 Å². The van der Waals surface area contributed by atoms with Crippen LogP contribution in [0.5, 0.6) is 0 Å². The average Bonchev–Trinajstić information content (AvgIpc) is 3.13. The molecule has 108 valence electrons. The lowest BCUT2D eigenvalue weighted by atomic mass is 10.3. The molecule has 0 bridgehead atoms. The SMILES string of the molecule is CN(CCc1cccs1)CCn1cc(C(=O)NN)nn1. The van der Waals surface area contributed by atoms with E-state index in [2.05, 4.69) is 39.8 Å². The number of aromatic nitrogens is 3. The minimum atomic E-state index is -0.428. The molecule has 0 saturated heterocycles. The monoisotopic (exact) mass is 294 g/mol. The lowest BCUT2D eigenvalue weighted by Crippen LogP contribution is -2.30. The highest BCUT2D eigenvalue weighted by molar-refractivity contribution is 7.09. The van der Waals surface area contributed by atoms with Gasteiger partial charge in [-0.25, -0.2) is 5.84 Å². The van der Waals surface area contributed by atoms with E-state index < -0.39 is 5.91 Å². The standard InChI is InChI=1S/C12H18N6OS/c1-17(5-4-10-3-2-8-20-10)6-7-18-9-11(15-16-18)12(19)14-13/h2-3,8-9H,4-7,13H2,1H3,(H,14,19). The summed E-state index contributed by atoms with van der Waals surface area (Å²) < 4.78 is 1.65. The molecule has 2 aromatic heterocycles. The molecular formula is C12H18N6OS. The van der Waals surface area contributed by atoms with Gasteiger partial charge in [-0.15, -0.1) is 16.4 Å². The highest BCUT2D eigenvalue weighted by Gasteiger charge is 2.09. The highest BCUT2D eigenvalue weighted by atomic mass is 32.1. The molecule has 8 heteroatoms. The van der Waals surface area contributed by atoms with Crippen LogP contribution in [0.4, 0.5) is 0 Å². The number of nitrogen functional groups attached to an aromatic ring is 1. The Labute approximate surface area is 121 Å². The van der Waals surface area contributed by atoms with E-state index in [1.807, 2.05) is 5.43 Å². The Bertz CT molecular complexity index is 538. The Hall–Kier alpha value is -1.77. The van der Waals surface area contributed by atoms with E-state index in [9.17, 15) is 4.79 Å². The van der Waals surface area contributed by atoms with Gasteiger partial charge in [0.25, 0.3) is 5.91 Å². The maximum absolute atomic E-state index is 11.2. The van der Waals surface area contributed by atoms with Gasteiger partial charge in [-0.05, 0) is 24.9 Å². The van der Waals surface area contributed by atoms with Gasteiger partial charge in [-0.1, -0.05) is 11.3 Å². The van der Waals surface area contributed by atoms with Crippen LogP contribution in [0.1, 0.15) is 15.4 Å². The van der Waals surface area contributed by atoms with Gasteiger partial charge in [-0.2, -0.15) is 0 Å². The van der Waals surface area contributed by atoms with E-state index in [1.165, 1.54) is 4.88 Å². The zero-order valence-corrected chi connectivity index (χ0v) is 12.1. The maximum Gasteiger partial charge on any atom is 0.287 e. The van der Waals surface area contributed by atoms with Crippen molar-refractivity contribution in [2.24, 2.45) is 5.84 Å². The fraction of sp³-hybridized carbons (Fsp3) is 0.417. The normalized spacial score (nSPS) is 10.9. The number of likely N-dealkylation sites (N-methyl/N-ethyl adjacent to an activating group) is 1. The van der Waals surface area contributed by atoms with Crippen LogP contribution >= 0.6 is 11.3 Å². The lowest BCUT2D eigenvalue weighted by Gasteiger charge is -2.15. The number of nitrogens with two attached hydrogens (primary N) is 1. The largest absolute Gasteiger partial charge is 0.304 e. The Kier molecular flexibility index (Phi) is 5.22. The van der Waals surface area contributed by atoms with Gasteiger partial charge >= 0.3 is 0 Å². The number of hydrogen-bond donors (Lipinski definition) is 2. The molecule has 0 aliphatic heterocycles. The van der Waals surface area contributed by atoms with Gasteiger partial charge in [0.05, 0.1) is 12.7 Å². The molecule has 7 nitrogen and oxygen atoms in total. The first-order chi connectivity index (χ1) is 9.69. The summed E-state index contributed by atoms with van der Waals surface area (Å²) in [5.74, 6) is 4.61. The topological polar surface area (TPSA) is 89.1 Å². The molecule has 2 rings (SSSR count). The van der Waals surface area contributed by atoms with Crippen LogP contribution in [-0.4, -0.2) is 45.9 Å². The third kappa shape index (κ3) is 4.12. The second kappa shape index (κ2) is 7.13. The van der Waals surface area contributed by atoms with Crippen molar-refractivity contribution in [3.63, 3.8) is 0 Å². The van der Waals surface area contributed by atoms with Gasteiger partial charge in [0, 0.05) is 18.0 Å². The van der Waals surface area contributed by atoms with Crippen LogP contribution in [0.3, 0.4) is 0 Å². The van der Waals surface area contributed by atoms with Crippen molar-refractivity contribution in [2.45, 2.75) is 13.0 Å². The summed E-state index contributed by atoms with van der Waals surface area (Å²) in [7, 11) is 2.07. The van der Waals surface area contributed by atoms with Crippen molar-refractivity contribution < 1.29 is 4.79 Å². The summed E-state index contributed by atoms with van der Waals surface area (Å²) in [5, 5.41) is 9.74. The van der Waals surface area contributed by atoms with E-state index in [0.29, 0.717) is 6.54 Å². The first kappa shape index (κ1) is 14.6. The van der Waals surface area contributed by atoms with Crippen LogP contribution in [0.2, 0.25) is 0 Å². The van der Waals surface area contributed by atoms with Crippen molar-refractivity contribution in [1.29, 1.82) is 0 Å². The van der Waals surface area contributed by atoms with E-state index >= 15 is 0 Å². The minimum absolute atomic E-state index is 0.230. The molecule has 0 unspecified atom stereocenters. The molecule has 2 heterocycles. The number of nitrogens with one attached hydrogen (secondary N) is 1. The summed E-state index contributed by atoms with van der Waals surface area (Å²) in [4.78, 5) is 14.9. The predicted octanol–water partition coefficient (Wildman–Crippen LogP) is 0.118. The average molecular weight is 294 g/mol. The number of thiophene rings is 1. The molecule has 2 aromatic rings. The van der Waals surface area contributed by atoms with Crippen LogP contribution in [0.15, 0.2) is 23.7 Å². The molecule has 0 aliphatic carbocycles. The van der Waals surface area contributed by atoms with Crippen molar-refractivity contribution >= 4 is 17.2 Å². The fourth-order valence-corrected chi connectivity index (χ4v) is 2.42. The van der Waals surface area contributed by atoms with Crippen LogP contribution < -0.4 is 11.3 Å². The summed E-state index contributed by atoms with van der Waals surface area (Å²) in [6.45, 7) is 2.52. The lowest BCUT2D eigenvalue weighted by molar-refractivity contribution is 0.0948. The van der Waals surface area contributed by atoms with E-state index in [1.54, 1.807) is 22.2 Å². The highest BCUT2D eigenvalue weighted by Crippen LogP contribution is 2.09. The third-order valence-corrected chi connectivity index (χ3v) is 3.87. The van der Waals surface area contributed by atoms with Crippen LogP contribution in [-0.2, 0) is 13.0 Å². The van der Waals surface area contributed by atoms with Crippen molar-refractivity contribution in [3.8, 4) is 0 Å². The van der Waals surface area contributed by atoms with Gasteiger partial charge in [0.2, 0.25) is 0 Å².